The molecule has 0 aliphatic carbocycles. The maximum atomic E-state index is 12.5. The topological polar surface area (TPSA) is 72.2 Å². The zero-order chi connectivity index (χ0) is 15.5. The standard InChI is InChI=1S/C14H17BrN2O2S2/c1-2-11-4-3-10(8-16)7-14(11)21(18,19)17-9-13-12(15)5-6-20-13/h3-7,17H,2,8-9,16H2,1H3. The van der Waals surface area contributed by atoms with Gasteiger partial charge in [-0.25, -0.2) is 13.1 Å². The number of hydrogen-bond donors (Lipinski definition) is 2. The molecule has 0 spiro atoms. The largest absolute Gasteiger partial charge is 0.326 e. The fourth-order valence-corrected chi connectivity index (χ4v) is 4.84. The van der Waals surface area contributed by atoms with E-state index in [4.69, 9.17) is 5.73 Å². The number of hydrogen-bond acceptors (Lipinski definition) is 4. The molecule has 114 valence electrons. The molecule has 0 bridgehead atoms. The van der Waals surface area contributed by atoms with Crippen LogP contribution in [0.15, 0.2) is 39.0 Å². The molecule has 2 rings (SSSR count). The van der Waals surface area contributed by atoms with Gasteiger partial charge in [-0.05, 0) is 51.0 Å². The highest BCUT2D eigenvalue weighted by Gasteiger charge is 2.18. The number of sulfonamides is 1. The van der Waals surface area contributed by atoms with Gasteiger partial charge in [0.2, 0.25) is 10.0 Å². The Morgan fingerprint density at radius 2 is 2.10 bits per heavy atom. The van der Waals surface area contributed by atoms with Crippen molar-refractivity contribution in [2.75, 3.05) is 0 Å². The average Bonchev–Trinajstić information content (AvgIpc) is 2.90. The summed E-state index contributed by atoms with van der Waals surface area (Å²) in [5.74, 6) is 0. The molecule has 0 fully saturated rings. The first-order valence-electron chi connectivity index (χ1n) is 6.51. The Kier molecular flexibility index (Phi) is 5.56. The molecule has 0 saturated heterocycles. The van der Waals surface area contributed by atoms with Gasteiger partial charge in [0.1, 0.15) is 0 Å². The third-order valence-electron chi connectivity index (χ3n) is 3.15. The van der Waals surface area contributed by atoms with Crippen LogP contribution in [-0.4, -0.2) is 8.42 Å². The average molecular weight is 389 g/mol. The number of nitrogens with one attached hydrogen (secondary N) is 1. The van der Waals surface area contributed by atoms with Crippen LogP contribution in [0.4, 0.5) is 0 Å². The summed E-state index contributed by atoms with van der Waals surface area (Å²) < 4.78 is 28.6. The van der Waals surface area contributed by atoms with Crippen molar-refractivity contribution in [3.8, 4) is 0 Å². The van der Waals surface area contributed by atoms with Crippen LogP contribution in [-0.2, 0) is 29.5 Å². The van der Waals surface area contributed by atoms with Crippen molar-refractivity contribution in [2.24, 2.45) is 5.73 Å². The highest BCUT2D eigenvalue weighted by molar-refractivity contribution is 9.10. The van der Waals surface area contributed by atoms with E-state index in [0.717, 1.165) is 20.5 Å². The summed E-state index contributed by atoms with van der Waals surface area (Å²) in [5, 5.41) is 1.92. The summed E-state index contributed by atoms with van der Waals surface area (Å²) in [6.45, 7) is 2.53. The quantitative estimate of drug-likeness (QED) is 0.798. The normalized spacial score (nSPS) is 11.8. The Morgan fingerprint density at radius 3 is 2.67 bits per heavy atom. The van der Waals surface area contributed by atoms with Crippen molar-refractivity contribution in [1.82, 2.24) is 4.72 Å². The van der Waals surface area contributed by atoms with E-state index in [9.17, 15) is 8.42 Å². The van der Waals surface area contributed by atoms with Gasteiger partial charge in [-0.3, -0.25) is 0 Å². The van der Waals surface area contributed by atoms with Crippen LogP contribution in [0.3, 0.4) is 0 Å². The Labute approximate surface area is 137 Å². The second-order valence-corrected chi connectivity index (χ2v) is 8.11. The van der Waals surface area contributed by atoms with Crippen molar-refractivity contribution in [3.05, 3.63) is 50.1 Å². The predicted molar refractivity (Wildman–Crippen MR) is 89.8 cm³/mol. The molecule has 7 heteroatoms. The highest BCUT2D eigenvalue weighted by Crippen LogP contribution is 2.24. The molecule has 0 radical (unpaired) electrons. The molecule has 0 atom stereocenters. The third-order valence-corrected chi connectivity index (χ3v) is 6.56. The van der Waals surface area contributed by atoms with Crippen molar-refractivity contribution in [2.45, 2.75) is 31.3 Å². The molecule has 3 N–H and O–H groups in total. The van der Waals surface area contributed by atoms with Crippen LogP contribution in [0, 0.1) is 0 Å². The molecule has 0 aliphatic heterocycles. The maximum Gasteiger partial charge on any atom is 0.241 e. The third kappa shape index (κ3) is 3.92. The van der Waals surface area contributed by atoms with Gasteiger partial charge in [0.25, 0.3) is 0 Å². The van der Waals surface area contributed by atoms with Gasteiger partial charge < -0.3 is 5.73 Å². The molecule has 2 aromatic rings. The van der Waals surface area contributed by atoms with Crippen molar-refractivity contribution in [1.29, 1.82) is 0 Å². The molecule has 1 heterocycles. The smallest absolute Gasteiger partial charge is 0.241 e. The van der Waals surface area contributed by atoms with Gasteiger partial charge in [0, 0.05) is 22.4 Å². The second-order valence-electron chi connectivity index (χ2n) is 4.52. The van der Waals surface area contributed by atoms with Crippen LogP contribution < -0.4 is 10.5 Å². The lowest BCUT2D eigenvalue weighted by molar-refractivity contribution is 0.580. The molecule has 21 heavy (non-hydrogen) atoms. The monoisotopic (exact) mass is 388 g/mol. The van der Waals surface area contributed by atoms with E-state index in [1.807, 2.05) is 30.5 Å². The number of nitrogens with two attached hydrogens (primary N) is 1. The lowest BCUT2D eigenvalue weighted by atomic mass is 10.1. The molecule has 0 aliphatic rings. The Hall–Kier alpha value is -0.730. The van der Waals surface area contributed by atoms with Crippen molar-refractivity contribution >= 4 is 37.3 Å². The lowest BCUT2D eigenvalue weighted by Gasteiger charge is -2.12. The Morgan fingerprint density at radius 1 is 1.33 bits per heavy atom. The lowest BCUT2D eigenvalue weighted by Crippen LogP contribution is -2.24. The Balaban J connectivity index is 2.28. The fourth-order valence-electron chi connectivity index (χ4n) is 1.96. The minimum absolute atomic E-state index is 0.274. The number of aryl methyl sites for hydroxylation is 1. The maximum absolute atomic E-state index is 12.5. The summed E-state index contributed by atoms with van der Waals surface area (Å²) in [7, 11) is -3.55. The van der Waals surface area contributed by atoms with Crippen LogP contribution >= 0.6 is 27.3 Å². The summed E-state index contributed by atoms with van der Waals surface area (Å²) in [6, 6.07) is 7.26. The van der Waals surface area contributed by atoms with Gasteiger partial charge in [-0.15, -0.1) is 11.3 Å². The molecule has 1 aromatic heterocycles. The van der Waals surface area contributed by atoms with E-state index in [2.05, 4.69) is 20.7 Å². The van der Waals surface area contributed by atoms with E-state index in [1.54, 1.807) is 6.07 Å². The molecular formula is C14H17BrN2O2S2. The fraction of sp³-hybridized carbons (Fsp3) is 0.286. The van der Waals surface area contributed by atoms with E-state index >= 15 is 0 Å². The first-order chi connectivity index (χ1) is 9.97. The first-order valence-corrected chi connectivity index (χ1v) is 9.67. The molecular weight excluding hydrogens is 372 g/mol. The van der Waals surface area contributed by atoms with Gasteiger partial charge in [0.05, 0.1) is 4.90 Å². The summed E-state index contributed by atoms with van der Waals surface area (Å²) in [4.78, 5) is 1.27. The van der Waals surface area contributed by atoms with Crippen LogP contribution in [0.5, 0.6) is 0 Å². The minimum atomic E-state index is -3.55. The Bertz CT molecular complexity index is 726. The number of benzene rings is 1. The number of halogens is 1. The molecule has 1 aromatic carbocycles. The van der Waals surface area contributed by atoms with Crippen molar-refractivity contribution in [3.63, 3.8) is 0 Å². The first kappa shape index (κ1) is 16.6. The number of thiophene rings is 1. The van der Waals surface area contributed by atoms with Gasteiger partial charge in [-0.1, -0.05) is 19.1 Å². The number of rotatable bonds is 6. The molecule has 4 nitrogen and oxygen atoms in total. The van der Waals surface area contributed by atoms with Crippen LogP contribution in [0.1, 0.15) is 22.9 Å². The van der Waals surface area contributed by atoms with Crippen molar-refractivity contribution < 1.29 is 8.42 Å². The summed E-state index contributed by atoms with van der Waals surface area (Å²) >= 11 is 4.91. The van der Waals surface area contributed by atoms with E-state index < -0.39 is 10.0 Å². The summed E-state index contributed by atoms with van der Waals surface area (Å²) in [6.07, 6.45) is 0.657. The molecule has 0 saturated carbocycles. The van der Waals surface area contributed by atoms with Crippen LogP contribution in [0.2, 0.25) is 0 Å². The van der Waals surface area contributed by atoms with Crippen LogP contribution in [0.25, 0.3) is 0 Å². The van der Waals surface area contributed by atoms with E-state index in [1.165, 1.54) is 11.3 Å². The highest BCUT2D eigenvalue weighted by atomic mass is 79.9. The van der Waals surface area contributed by atoms with Gasteiger partial charge in [0.15, 0.2) is 0 Å². The van der Waals surface area contributed by atoms with Gasteiger partial charge in [-0.2, -0.15) is 0 Å². The molecule has 0 unspecified atom stereocenters. The second kappa shape index (κ2) is 7.02. The minimum Gasteiger partial charge on any atom is -0.326 e. The zero-order valence-corrected chi connectivity index (χ0v) is 14.8. The SMILES string of the molecule is CCc1ccc(CN)cc1S(=O)(=O)NCc1sccc1Br. The molecule has 0 amide bonds. The van der Waals surface area contributed by atoms with E-state index in [-0.39, 0.29) is 6.54 Å². The van der Waals surface area contributed by atoms with Gasteiger partial charge >= 0.3 is 0 Å². The van der Waals surface area contributed by atoms with E-state index in [0.29, 0.717) is 17.9 Å². The zero-order valence-electron chi connectivity index (χ0n) is 11.6. The summed E-state index contributed by atoms with van der Waals surface area (Å²) in [5.41, 5.74) is 7.21. The predicted octanol–water partition coefficient (Wildman–Crippen LogP) is 3.01.